The normalized spacial score (nSPS) is 11.8. The second kappa shape index (κ2) is 8.76. The van der Waals surface area contributed by atoms with E-state index in [2.05, 4.69) is 16.0 Å². The van der Waals surface area contributed by atoms with Crippen molar-refractivity contribution < 1.29 is 4.79 Å². The summed E-state index contributed by atoms with van der Waals surface area (Å²) < 4.78 is 1.62. The largest absolute Gasteiger partial charge is 0.308 e. The highest BCUT2D eigenvalue weighted by Gasteiger charge is 2.20. The highest BCUT2D eigenvalue weighted by molar-refractivity contribution is 8.00. The summed E-state index contributed by atoms with van der Waals surface area (Å²) in [6.45, 7) is 4.38. The first-order valence-electron chi connectivity index (χ1n) is 7.60. The van der Waals surface area contributed by atoms with Crippen LogP contribution in [0.15, 0.2) is 30.7 Å². The minimum Gasteiger partial charge on any atom is -0.308 e. The molecule has 24 heavy (non-hydrogen) atoms. The van der Waals surface area contributed by atoms with Gasteiger partial charge in [-0.1, -0.05) is 17.5 Å². The Morgan fingerprint density at radius 1 is 1.58 bits per heavy atom. The number of pyridine rings is 1. The Labute approximate surface area is 151 Å². The molecule has 1 amide bonds. The zero-order valence-electron chi connectivity index (χ0n) is 13.6. The molecule has 0 aliphatic carbocycles. The lowest BCUT2D eigenvalue weighted by Crippen LogP contribution is -2.30. The predicted molar refractivity (Wildman–Crippen MR) is 99.8 cm³/mol. The zero-order chi connectivity index (χ0) is 17.5. The summed E-state index contributed by atoms with van der Waals surface area (Å²) in [6.07, 6.45) is 10.9. The third kappa shape index (κ3) is 4.53. The summed E-state index contributed by atoms with van der Waals surface area (Å²) in [6, 6.07) is 3.69. The van der Waals surface area contributed by atoms with Gasteiger partial charge in [0.05, 0.1) is 23.3 Å². The molecule has 5 nitrogen and oxygen atoms in total. The van der Waals surface area contributed by atoms with Crippen LogP contribution in [0.5, 0.6) is 0 Å². The van der Waals surface area contributed by atoms with E-state index in [0.29, 0.717) is 29.6 Å². The summed E-state index contributed by atoms with van der Waals surface area (Å²) >= 11 is 7.83. The first kappa shape index (κ1) is 18.4. The van der Waals surface area contributed by atoms with E-state index < -0.39 is 0 Å². The first-order chi connectivity index (χ1) is 11.6. The number of halogens is 1. The van der Waals surface area contributed by atoms with Gasteiger partial charge in [0, 0.05) is 24.9 Å². The van der Waals surface area contributed by atoms with Gasteiger partial charge >= 0.3 is 0 Å². The van der Waals surface area contributed by atoms with Gasteiger partial charge in [-0.2, -0.15) is 5.10 Å². The van der Waals surface area contributed by atoms with Crippen molar-refractivity contribution in [2.75, 3.05) is 17.2 Å². The number of anilines is 1. The number of aromatic nitrogens is 3. The molecule has 2 aromatic heterocycles. The van der Waals surface area contributed by atoms with Gasteiger partial charge in [0.15, 0.2) is 5.15 Å². The number of thioether (sulfide) groups is 1. The number of nitrogens with zero attached hydrogens (tertiary/aromatic N) is 4. The second-order valence-electron chi connectivity index (χ2n) is 5.03. The van der Waals surface area contributed by atoms with Crippen molar-refractivity contribution in [1.82, 2.24) is 14.8 Å². The van der Waals surface area contributed by atoms with E-state index in [1.54, 1.807) is 39.9 Å². The van der Waals surface area contributed by atoms with Crippen LogP contribution in [0.25, 0.3) is 5.69 Å². The molecule has 0 saturated heterocycles. The van der Waals surface area contributed by atoms with Crippen LogP contribution in [-0.4, -0.2) is 38.2 Å². The quantitative estimate of drug-likeness (QED) is 0.708. The molecule has 0 aliphatic heterocycles. The molecule has 0 radical (unpaired) electrons. The van der Waals surface area contributed by atoms with Gasteiger partial charge in [0.1, 0.15) is 5.69 Å². The number of carbonyl (C=O) groups excluding carboxylic acids is 1. The van der Waals surface area contributed by atoms with Gasteiger partial charge in [-0.05, 0) is 26.0 Å². The Hall–Kier alpha value is -1.97. The first-order valence-corrected chi connectivity index (χ1v) is 9.03. The molecule has 0 aliphatic rings. The molecule has 0 bridgehead atoms. The number of rotatable bonds is 7. The maximum Gasteiger partial charge on any atom is 0.227 e. The second-order valence-corrected chi connectivity index (χ2v) is 6.84. The van der Waals surface area contributed by atoms with Gasteiger partial charge < -0.3 is 4.90 Å². The number of hydrogen-bond acceptors (Lipinski definition) is 4. The standard InChI is InChI=1S/C17H19ClN4OS/c1-4-13(3)24-10-8-16(23)21(5-2)15-12-22(20-17(15)18)14-7-6-9-19-11-14/h1,6-7,9,11-13H,5,8,10H2,2-3H3. The van der Waals surface area contributed by atoms with Crippen LogP contribution in [0.4, 0.5) is 5.69 Å². The molecule has 7 heteroatoms. The molecule has 2 heterocycles. The van der Waals surface area contributed by atoms with Gasteiger partial charge in [-0.3, -0.25) is 9.78 Å². The summed E-state index contributed by atoms with van der Waals surface area (Å²) in [5, 5.41) is 4.66. The average Bonchev–Trinajstić information content (AvgIpc) is 2.98. The molecule has 0 N–H and O–H groups in total. The number of amides is 1. The maximum atomic E-state index is 12.5. The van der Waals surface area contributed by atoms with Gasteiger partial charge in [0.25, 0.3) is 0 Å². The Morgan fingerprint density at radius 3 is 3.00 bits per heavy atom. The Balaban J connectivity index is 2.12. The summed E-state index contributed by atoms with van der Waals surface area (Å²) in [5.74, 6) is 3.32. The van der Waals surface area contributed by atoms with Crippen LogP contribution < -0.4 is 4.90 Å². The molecule has 2 aromatic rings. The van der Waals surface area contributed by atoms with Crippen molar-refractivity contribution in [3.63, 3.8) is 0 Å². The van der Waals surface area contributed by atoms with E-state index in [1.165, 1.54) is 0 Å². The van der Waals surface area contributed by atoms with Gasteiger partial charge in [-0.15, -0.1) is 18.2 Å². The monoisotopic (exact) mass is 362 g/mol. The number of carbonyl (C=O) groups is 1. The average molecular weight is 363 g/mol. The lowest BCUT2D eigenvalue weighted by Gasteiger charge is -2.19. The maximum absolute atomic E-state index is 12.5. The van der Waals surface area contributed by atoms with Gasteiger partial charge in [-0.25, -0.2) is 4.68 Å². The van der Waals surface area contributed by atoms with E-state index in [9.17, 15) is 4.79 Å². The third-order valence-corrected chi connectivity index (χ3v) is 4.73. The van der Waals surface area contributed by atoms with Crippen LogP contribution in [-0.2, 0) is 4.79 Å². The minimum absolute atomic E-state index is 0.00172. The van der Waals surface area contributed by atoms with Crippen molar-refractivity contribution in [3.8, 4) is 18.0 Å². The van der Waals surface area contributed by atoms with Crippen LogP contribution in [0.3, 0.4) is 0 Å². The van der Waals surface area contributed by atoms with Crippen molar-refractivity contribution in [3.05, 3.63) is 35.9 Å². The molecule has 126 valence electrons. The predicted octanol–water partition coefficient (Wildman–Crippen LogP) is 3.42. The fraction of sp³-hybridized carbons (Fsp3) is 0.353. The number of terminal acetylenes is 1. The SMILES string of the molecule is C#CC(C)SCCC(=O)N(CC)c1cn(-c2cccnc2)nc1Cl. The molecular weight excluding hydrogens is 344 g/mol. The molecule has 2 rings (SSSR count). The lowest BCUT2D eigenvalue weighted by atomic mass is 10.3. The lowest BCUT2D eigenvalue weighted by molar-refractivity contribution is -0.118. The molecule has 1 unspecified atom stereocenters. The topological polar surface area (TPSA) is 51.0 Å². The van der Waals surface area contributed by atoms with Crippen molar-refractivity contribution in [2.45, 2.75) is 25.5 Å². The van der Waals surface area contributed by atoms with Crippen molar-refractivity contribution >= 4 is 35.0 Å². The molecule has 0 saturated carbocycles. The molecule has 1 atom stereocenters. The Kier molecular flexibility index (Phi) is 6.71. The molecule has 0 fully saturated rings. The number of hydrogen-bond donors (Lipinski definition) is 0. The fourth-order valence-electron chi connectivity index (χ4n) is 2.13. The molecule has 0 spiro atoms. The van der Waals surface area contributed by atoms with Crippen LogP contribution in [0.1, 0.15) is 20.3 Å². The smallest absolute Gasteiger partial charge is 0.227 e. The van der Waals surface area contributed by atoms with E-state index >= 15 is 0 Å². The summed E-state index contributed by atoms with van der Waals surface area (Å²) in [7, 11) is 0. The highest BCUT2D eigenvalue weighted by atomic mass is 35.5. The fourth-order valence-corrected chi connectivity index (χ4v) is 3.11. The van der Waals surface area contributed by atoms with Crippen molar-refractivity contribution in [2.24, 2.45) is 0 Å². The Bertz CT molecular complexity index is 726. The van der Waals surface area contributed by atoms with E-state index in [1.807, 2.05) is 26.0 Å². The van der Waals surface area contributed by atoms with Crippen LogP contribution in [0, 0.1) is 12.3 Å². The van der Waals surface area contributed by atoms with E-state index in [4.69, 9.17) is 18.0 Å². The molecular formula is C17H19ClN4OS. The van der Waals surface area contributed by atoms with Gasteiger partial charge in [0.2, 0.25) is 5.91 Å². The summed E-state index contributed by atoms with van der Waals surface area (Å²) in [4.78, 5) is 18.2. The Morgan fingerprint density at radius 2 is 2.38 bits per heavy atom. The zero-order valence-corrected chi connectivity index (χ0v) is 15.2. The summed E-state index contributed by atoms with van der Waals surface area (Å²) in [5.41, 5.74) is 1.38. The highest BCUT2D eigenvalue weighted by Crippen LogP contribution is 2.26. The van der Waals surface area contributed by atoms with Crippen LogP contribution >= 0.6 is 23.4 Å². The third-order valence-electron chi connectivity index (χ3n) is 3.39. The molecule has 0 aromatic carbocycles. The van der Waals surface area contributed by atoms with E-state index in [0.717, 1.165) is 5.69 Å². The van der Waals surface area contributed by atoms with Crippen molar-refractivity contribution in [1.29, 1.82) is 0 Å². The minimum atomic E-state index is 0.00172. The van der Waals surface area contributed by atoms with Crippen LogP contribution in [0.2, 0.25) is 5.15 Å². The van der Waals surface area contributed by atoms with E-state index in [-0.39, 0.29) is 11.2 Å².